The molecule has 0 saturated carbocycles. The first-order chi connectivity index (χ1) is 10.2. The fourth-order valence-electron chi connectivity index (χ4n) is 0.868. The molecule has 22 heavy (non-hydrogen) atoms. The largest absolute Gasteiger partial charge is 0.237 e. The van der Waals surface area contributed by atoms with Crippen molar-refractivity contribution in [2.45, 2.75) is 105 Å². The highest BCUT2D eigenvalue weighted by atomic mass is 17.2. The van der Waals surface area contributed by atoms with E-state index < -0.39 is 0 Å². The lowest BCUT2D eigenvalue weighted by Gasteiger charge is -2.29. The zero-order valence-electron chi connectivity index (χ0n) is 16.3. The minimum Gasteiger partial charge on any atom is -0.237 e. The van der Waals surface area contributed by atoms with Crippen LogP contribution in [0.5, 0.6) is 0 Å². The first kappa shape index (κ1) is 24.1. The maximum absolute atomic E-state index is 5.33. The van der Waals surface area contributed by atoms with Gasteiger partial charge in [-0.05, 0) is 53.4 Å². The van der Waals surface area contributed by atoms with Gasteiger partial charge in [-0.1, -0.05) is 40.5 Å². The van der Waals surface area contributed by atoms with Crippen molar-refractivity contribution in [1.82, 2.24) is 0 Å². The molecular formula is C18H40O4. The fourth-order valence-corrected chi connectivity index (χ4v) is 0.868. The van der Waals surface area contributed by atoms with Gasteiger partial charge in [0.1, 0.15) is 0 Å². The van der Waals surface area contributed by atoms with Crippen LogP contribution in [0.15, 0.2) is 0 Å². The average molecular weight is 321 g/mol. The van der Waals surface area contributed by atoms with Crippen molar-refractivity contribution in [2.24, 2.45) is 0 Å². The van der Waals surface area contributed by atoms with Gasteiger partial charge in [0.2, 0.25) is 0 Å². The van der Waals surface area contributed by atoms with Gasteiger partial charge in [-0.25, -0.2) is 19.6 Å². The van der Waals surface area contributed by atoms with E-state index in [4.69, 9.17) is 19.6 Å². The van der Waals surface area contributed by atoms with E-state index in [0.29, 0.717) is 0 Å². The van der Waals surface area contributed by atoms with Gasteiger partial charge in [-0.15, -0.1) is 0 Å². The van der Waals surface area contributed by atoms with Crippen LogP contribution in [-0.4, -0.2) is 24.4 Å². The highest BCUT2D eigenvalue weighted by Crippen LogP contribution is 2.21. The first-order valence-electron chi connectivity index (χ1n) is 8.85. The van der Waals surface area contributed by atoms with Crippen LogP contribution in [0.1, 0.15) is 93.9 Å². The van der Waals surface area contributed by atoms with Crippen LogP contribution >= 0.6 is 0 Å². The van der Waals surface area contributed by atoms with Crippen LogP contribution in [0, 0.1) is 0 Å². The Morgan fingerprint density at radius 3 is 1.14 bits per heavy atom. The third-order valence-electron chi connectivity index (χ3n) is 3.44. The van der Waals surface area contributed by atoms with Crippen molar-refractivity contribution in [3.8, 4) is 0 Å². The Kier molecular flexibility index (Phi) is 15.8. The molecule has 0 heterocycles. The Bertz CT molecular complexity index is 203. The van der Waals surface area contributed by atoms with Gasteiger partial charge in [0, 0.05) is 0 Å². The molecule has 0 aliphatic heterocycles. The van der Waals surface area contributed by atoms with Crippen LogP contribution in [-0.2, 0) is 19.6 Å². The van der Waals surface area contributed by atoms with Gasteiger partial charge >= 0.3 is 0 Å². The minimum atomic E-state index is -0.174. The predicted molar refractivity (Wildman–Crippen MR) is 92.6 cm³/mol. The van der Waals surface area contributed by atoms with Crippen molar-refractivity contribution in [3.63, 3.8) is 0 Å². The standard InChI is InChI=1S/C10H22O2.C8H18O2/c1-7-9(3,4)11-12-10(5,6)8-2;1-3-5-7-9-10-8-6-4-2/h7-8H2,1-6H3;3-8H2,1-2H3. The highest BCUT2D eigenvalue weighted by Gasteiger charge is 2.23. The monoisotopic (exact) mass is 320 g/mol. The van der Waals surface area contributed by atoms with Crippen LogP contribution in [0.25, 0.3) is 0 Å². The van der Waals surface area contributed by atoms with E-state index >= 15 is 0 Å². The Morgan fingerprint density at radius 1 is 0.591 bits per heavy atom. The Morgan fingerprint density at radius 2 is 0.909 bits per heavy atom. The molecular weight excluding hydrogens is 280 g/mol. The van der Waals surface area contributed by atoms with E-state index in [1.54, 1.807) is 0 Å². The lowest BCUT2D eigenvalue weighted by atomic mass is 10.1. The van der Waals surface area contributed by atoms with E-state index in [9.17, 15) is 0 Å². The van der Waals surface area contributed by atoms with Crippen molar-refractivity contribution in [2.75, 3.05) is 13.2 Å². The molecule has 0 bridgehead atoms. The topological polar surface area (TPSA) is 36.9 Å². The number of hydrogen-bond donors (Lipinski definition) is 0. The second-order valence-electron chi connectivity index (χ2n) is 6.74. The summed E-state index contributed by atoms with van der Waals surface area (Å²) in [7, 11) is 0. The molecule has 0 fully saturated rings. The molecule has 0 N–H and O–H groups in total. The zero-order chi connectivity index (χ0) is 17.5. The summed E-state index contributed by atoms with van der Waals surface area (Å²) in [4.78, 5) is 20.4. The molecule has 4 nitrogen and oxygen atoms in total. The van der Waals surface area contributed by atoms with Gasteiger partial charge in [0.15, 0.2) is 0 Å². The molecule has 0 saturated heterocycles. The van der Waals surface area contributed by atoms with Crippen LogP contribution in [0.3, 0.4) is 0 Å². The summed E-state index contributed by atoms with van der Waals surface area (Å²) in [6.07, 6.45) is 6.41. The summed E-state index contributed by atoms with van der Waals surface area (Å²) in [5.41, 5.74) is -0.348. The summed E-state index contributed by atoms with van der Waals surface area (Å²) in [5, 5.41) is 0. The van der Waals surface area contributed by atoms with Gasteiger partial charge in [-0.2, -0.15) is 0 Å². The molecule has 0 radical (unpaired) electrons. The normalized spacial score (nSPS) is 12.0. The van der Waals surface area contributed by atoms with Gasteiger partial charge < -0.3 is 0 Å². The summed E-state index contributed by atoms with van der Waals surface area (Å²) >= 11 is 0. The first-order valence-corrected chi connectivity index (χ1v) is 8.85. The molecule has 0 rings (SSSR count). The molecule has 0 aromatic carbocycles. The van der Waals surface area contributed by atoms with Crippen molar-refractivity contribution >= 4 is 0 Å². The third-order valence-corrected chi connectivity index (χ3v) is 3.44. The summed E-state index contributed by atoms with van der Waals surface area (Å²) in [6, 6.07) is 0. The Balaban J connectivity index is 0. The van der Waals surface area contributed by atoms with Gasteiger partial charge in [0.05, 0.1) is 24.4 Å². The second-order valence-corrected chi connectivity index (χ2v) is 6.74. The molecule has 0 aromatic rings. The van der Waals surface area contributed by atoms with Gasteiger partial charge in [-0.3, -0.25) is 0 Å². The SMILES string of the molecule is CCC(C)(C)OOC(C)(C)CC.CCCCOOCCCC. The molecule has 136 valence electrons. The minimum absolute atomic E-state index is 0.174. The molecule has 0 aliphatic carbocycles. The maximum atomic E-state index is 5.33. The van der Waals surface area contributed by atoms with Crippen molar-refractivity contribution in [1.29, 1.82) is 0 Å². The van der Waals surface area contributed by atoms with Gasteiger partial charge in [0.25, 0.3) is 0 Å². The predicted octanol–water partition coefficient (Wildman–Crippen LogP) is 5.85. The molecule has 0 aromatic heterocycles. The van der Waals surface area contributed by atoms with Crippen molar-refractivity contribution < 1.29 is 19.6 Å². The molecule has 0 aliphatic rings. The Hall–Kier alpha value is -0.160. The van der Waals surface area contributed by atoms with E-state index in [-0.39, 0.29) is 11.2 Å². The van der Waals surface area contributed by atoms with Crippen molar-refractivity contribution in [3.05, 3.63) is 0 Å². The second kappa shape index (κ2) is 14.4. The average Bonchev–Trinajstić information content (AvgIpc) is 2.50. The van der Waals surface area contributed by atoms with Crippen LogP contribution in [0.2, 0.25) is 0 Å². The molecule has 0 amide bonds. The third kappa shape index (κ3) is 17.9. The zero-order valence-corrected chi connectivity index (χ0v) is 16.3. The number of hydrogen-bond acceptors (Lipinski definition) is 4. The lowest BCUT2D eigenvalue weighted by molar-refractivity contribution is -0.401. The maximum Gasteiger partial charge on any atom is 0.0977 e. The number of rotatable bonds is 12. The van der Waals surface area contributed by atoms with Crippen LogP contribution < -0.4 is 0 Å². The van der Waals surface area contributed by atoms with E-state index in [1.807, 2.05) is 27.7 Å². The summed E-state index contributed by atoms with van der Waals surface area (Å²) < 4.78 is 0. The van der Waals surface area contributed by atoms with E-state index in [0.717, 1.165) is 51.7 Å². The van der Waals surface area contributed by atoms with E-state index in [1.165, 1.54) is 0 Å². The lowest BCUT2D eigenvalue weighted by Crippen LogP contribution is -2.31. The molecule has 0 spiro atoms. The summed E-state index contributed by atoms with van der Waals surface area (Å²) in [5.74, 6) is 0. The summed E-state index contributed by atoms with van der Waals surface area (Å²) in [6.45, 7) is 18.0. The fraction of sp³-hybridized carbons (Fsp3) is 1.00. The molecule has 0 unspecified atom stereocenters. The van der Waals surface area contributed by atoms with Crippen LogP contribution in [0.4, 0.5) is 0 Å². The molecule has 0 atom stereocenters. The number of unbranched alkanes of at least 4 members (excludes halogenated alkanes) is 2. The highest BCUT2D eigenvalue weighted by molar-refractivity contribution is 4.66. The van der Waals surface area contributed by atoms with E-state index in [2.05, 4.69) is 27.7 Å². The smallest absolute Gasteiger partial charge is 0.0977 e. The quantitative estimate of drug-likeness (QED) is 0.257. The molecule has 4 heteroatoms. The Labute approximate surface area is 138 Å².